The summed E-state index contributed by atoms with van der Waals surface area (Å²) in [5, 5.41) is 0. The fraction of sp³-hybridized carbons (Fsp3) is 0.188. The van der Waals surface area contributed by atoms with E-state index in [4.69, 9.17) is 0 Å². The molecule has 0 aromatic carbocycles. The van der Waals surface area contributed by atoms with E-state index in [9.17, 15) is 9.59 Å². The van der Waals surface area contributed by atoms with Crippen LogP contribution < -0.4 is 0 Å². The number of hydrogen-bond donors (Lipinski definition) is 0. The van der Waals surface area contributed by atoms with Crippen LogP contribution in [-0.2, 0) is 9.59 Å². The molecule has 0 N–H and O–H groups in total. The van der Waals surface area contributed by atoms with Gasteiger partial charge in [0.05, 0.1) is 0 Å². The molecular weight excluding hydrogens is 224 g/mol. The summed E-state index contributed by atoms with van der Waals surface area (Å²) in [6.45, 7) is 3.13. The number of ketones is 2. The average Bonchev–Trinajstić information content (AvgIpc) is 2.39. The highest BCUT2D eigenvalue weighted by Gasteiger charge is 2.11. The van der Waals surface area contributed by atoms with Gasteiger partial charge < -0.3 is 0 Å². The van der Waals surface area contributed by atoms with Gasteiger partial charge in [-0.1, -0.05) is 36.5 Å². The Bertz CT molecular complexity index is 502. The zero-order chi connectivity index (χ0) is 13.1. The lowest BCUT2D eigenvalue weighted by Gasteiger charge is -2.13. The molecule has 2 heteroatoms. The normalized spacial score (nSPS) is 22.6. The summed E-state index contributed by atoms with van der Waals surface area (Å²) in [6.07, 6.45) is 14.1. The minimum Gasteiger partial charge on any atom is -0.295 e. The van der Waals surface area contributed by atoms with Crippen molar-refractivity contribution in [2.75, 3.05) is 0 Å². The monoisotopic (exact) mass is 239 g/mol. The number of carbonyl (C=O) groups is 2. The standard InChI is InChI=1S/C16H15O2/c1-11(17)13-3-7-15(8-4-13)16-9-5-14(6-10-16)12(2)18/h3-9H,10H2,1-2H3. The van der Waals surface area contributed by atoms with Gasteiger partial charge in [-0.25, -0.2) is 0 Å². The van der Waals surface area contributed by atoms with E-state index in [0.29, 0.717) is 0 Å². The Morgan fingerprint density at radius 1 is 0.944 bits per heavy atom. The molecular formula is C16H15O2. The second kappa shape index (κ2) is 5.13. The molecule has 0 fully saturated rings. The van der Waals surface area contributed by atoms with Crippen molar-refractivity contribution in [3.8, 4) is 0 Å². The van der Waals surface area contributed by atoms with E-state index in [1.165, 1.54) is 0 Å². The van der Waals surface area contributed by atoms with Crippen LogP contribution in [0.5, 0.6) is 0 Å². The Morgan fingerprint density at radius 3 is 2.06 bits per heavy atom. The van der Waals surface area contributed by atoms with Crippen LogP contribution in [-0.4, -0.2) is 11.6 Å². The molecule has 0 spiro atoms. The molecule has 0 aliphatic heterocycles. The highest BCUT2D eigenvalue weighted by atomic mass is 16.1. The summed E-state index contributed by atoms with van der Waals surface area (Å²) >= 11 is 0. The van der Waals surface area contributed by atoms with Gasteiger partial charge in [0.2, 0.25) is 0 Å². The molecule has 0 unspecified atom stereocenters. The topological polar surface area (TPSA) is 34.1 Å². The van der Waals surface area contributed by atoms with Crippen LogP contribution in [0, 0.1) is 6.42 Å². The lowest BCUT2D eigenvalue weighted by Crippen LogP contribution is -2.02. The SMILES string of the molecule is CC(=O)C1=C[CH]/C(=C2/C=CC(C(C)=O)=CC2)C=C1. The molecule has 2 aliphatic rings. The molecule has 2 nitrogen and oxygen atoms in total. The van der Waals surface area contributed by atoms with Crippen molar-refractivity contribution in [2.24, 2.45) is 0 Å². The first-order valence-corrected chi connectivity index (χ1v) is 5.94. The Balaban J connectivity index is 2.15. The highest BCUT2D eigenvalue weighted by molar-refractivity contribution is 5.97. The molecule has 0 atom stereocenters. The molecule has 0 saturated heterocycles. The van der Waals surface area contributed by atoms with Crippen LogP contribution in [0.1, 0.15) is 20.3 Å². The van der Waals surface area contributed by atoms with Gasteiger partial charge in [0.1, 0.15) is 0 Å². The molecule has 1 radical (unpaired) electrons. The van der Waals surface area contributed by atoms with Crippen molar-refractivity contribution in [3.05, 3.63) is 65.2 Å². The van der Waals surface area contributed by atoms with Crippen LogP contribution in [0.25, 0.3) is 0 Å². The van der Waals surface area contributed by atoms with Crippen LogP contribution in [0.15, 0.2) is 58.7 Å². The Morgan fingerprint density at radius 2 is 1.61 bits per heavy atom. The third-order valence-electron chi connectivity index (χ3n) is 3.07. The predicted octanol–water partition coefficient (Wildman–Crippen LogP) is 3.05. The van der Waals surface area contributed by atoms with E-state index in [2.05, 4.69) is 0 Å². The van der Waals surface area contributed by atoms with Crippen molar-refractivity contribution in [3.63, 3.8) is 0 Å². The molecule has 0 bridgehead atoms. The minimum absolute atomic E-state index is 0.0736. The maximum absolute atomic E-state index is 11.2. The first-order chi connectivity index (χ1) is 8.58. The van der Waals surface area contributed by atoms with Gasteiger partial charge in [0.25, 0.3) is 0 Å². The second-order valence-corrected chi connectivity index (χ2v) is 4.41. The Labute approximate surface area is 107 Å². The first kappa shape index (κ1) is 12.5. The fourth-order valence-corrected chi connectivity index (χ4v) is 1.94. The lowest BCUT2D eigenvalue weighted by atomic mass is 9.91. The summed E-state index contributed by atoms with van der Waals surface area (Å²) in [6, 6.07) is 0. The van der Waals surface area contributed by atoms with Crippen LogP contribution >= 0.6 is 0 Å². The number of allylic oxidation sites excluding steroid dienone is 10. The molecule has 0 aromatic heterocycles. The van der Waals surface area contributed by atoms with Crippen molar-refractivity contribution in [1.29, 1.82) is 0 Å². The van der Waals surface area contributed by atoms with Crippen molar-refractivity contribution in [2.45, 2.75) is 20.3 Å². The van der Waals surface area contributed by atoms with Gasteiger partial charge >= 0.3 is 0 Å². The molecule has 18 heavy (non-hydrogen) atoms. The van der Waals surface area contributed by atoms with E-state index in [1.807, 2.05) is 42.9 Å². The van der Waals surface area contributed by atoms with Crippen molar-refractivity contribution >= 4 is 11.6 Å². The van der Waals surface area contributed by atoms with Crippen molar-refractivity contribution < 1.29 is 9.59 Å². The Kier molecular flexibility index (Phi) is 3.56. The van der Waals surface area contributed by atoms with Crippen LogP contribution in [0.4, 0.5) is 0 Å². The average molecular weight is 239 g/mol. The van der Waals surface area contributed by atoms with E-state index >= 15 is 0 Å². The Hall–Kier alpha value is -1.96. The van der Waals surface area contributed by atoms with Gasteiger partial charge in [-0.15, -0.1) is 0 Å². The molecule has 91 valence electrons. The van der Waals surface area contributed by atoms with Gasteiger partial charge in [-0.2, -0.15) is 0 Å². The smallest absolute Gasteiger partial charge is 0.159 e. The number of hydrogen-bond acceptors (Lipinski definition) is 2. The largest absolute Gasteiger partial charge is 0.295 e. The third-order valence-corrected chi connectivity index (χ3v) is 3.07. The molecule has 2 aliphatic carbocycles. The van der Waals surface area contributed by atoms with Gasteiger partial charge in [-0.3, -0.25) is 9.59 Å². The number of carbonyl (C=O) groups excluding carboxylic acids is 2. The third kappa shape index (κ3) is 2.65. The maximum Gasteiger partial charge on any atom is 0.159 e. The zero-order valence-electron chi connectivity index (χ0n) is 10.6. The minimum atomic E-state index is 0.0736. The quantitative estimate of drug-likeness (QED) is 0.742. The van der Waals surface area contributed by atoms with Crippen LogP contribution in [0.3, 0.4) is 0 Å². The highest BCUT2D eigenvalue weighted by Crippen LogP contribution is 2.25. The molecule has 0 aromatic rings. The molecule has 2 rings (SSSR count). The van der Waals surface area contributed by atoms with Crippen molar-refractivity contribution in [1.82, 2.24) is 0 Å². The predicted molar refractivity (Wildman–Crippen MR) is 71.8 cm³/mol. The molecule has 0 amide bonds. The van der Waals surface area contributed by atoms with Gasteiger partial charge in [-0.05, 0) is 31.4 Å². The summed E-state index contributed by atoms with van der Waals surface area (Å²) in [5.41, 5.74) is 3.74. The summed E-state index contributed by atoms with van der Waals surface area (Å²) in [7, 11) is 0. The first-order valence-electron chi connectivity index (χ1n) is 5.94. The van der Waals surface area contributed by atoms with E-state index in [-0.39, 0.29) is 11.6 Å². The summed E-state index contributed by atoms with van der Waals surface area (Å²) in [5.74, 6) is 0.168. The number of Topliss-reactive ketones (excluding diaryl/α,β-unsaturated/α-hetero) is 2. The molecule has 0 heterocycles. The van der Waals surface area contributed by atoms with Gasteiger partial charge in [0.15, 0.2) is 11.6 Å². The fourth-order valence-electron chi connectivity index (χ4n) is 1.94. The zero-order valence-corrected chi connectivity index (χ0v) is 10.6. The van der Waals surface area contributed by atoms with Gasteiger partial charge in [0, 0.05) is 17.6 Å². The lowest BCUT2D eigenvalue weighted by molar-refractivity contribution is -0.114. The summed E-state index contributed by atoms with van der Waals surface area (Å²) in [4.78, 5) is 22.4. The maximum atomic E-state index is 11.2. The number of rotatable bonds is 2. The van der Waals surface area contributed by atoms with E-state index in [0.717, 1.165) is 28.7 Å². The molecule has 0 saturated carbocycles. The van der Waals surface area contributed by atoms with E-state index in [1.54, 1.807) is 13.8 Å². The summed E-state index contributed by atoms with van der Waals surface area (Å²) < 4.78 is 0. The van der Waals surface area contributed by atoms with E-state index < -0.39 is 0 Å². The van der Waals surface area contributed by atoms with Crippen LogP contribution in [0.2, 0.25) is 0 Å². The second-order valence-electron chi connectivity index (χ2n) is 4.41.